The number of rotatable bonds is 7. The second kappa shape index (κ2) is 8.01. The molecule has 11 heteroatoms. The fourth-order valence-corrected chi connectivity index (χ4v) is 2.47. The lowest BCUT2D eigenvalue weighted by Gasteiger charge is -2.11. The van der Waals surface area contributed by atoms with Gasteiger partial charge in [0.1, 0.15) is 5.82 Å². The lowest BCUT2D eigenvalue weighted by molar-refractivity contribution is 0.293. The smallest absolute Gasteiger partial charge is 0.337 e. The van der Waals surface area contributed by atoms with E-state index in [1.807, 2.05) is 0 Å². The van der Waals surface area contributed by atoms with Crippen LogP contribution < -0.4 is 21.9 Å². The van der Waals surface area contributed by atoms with Crippen molar-refractivity contribution < 1.29 is 9.50 Å². The summed E-state index contributed by atoms with van der Waals surface area (Å²) in [7, 11) is 1.33. The van der Waals surface area contributed by atoms with Gasteiger partial charge in [-0.3, -0.25) is 9.36 Å². The predicted molar refractivity (Wildman–Crippen MR) is 96.6 cm³/mol. The van der Waals surface area contributed by atoms with Crippen LogP contribution in [0.15, 0.2) is 33.9 Å². The molecule has 0 unspecified atom stereocenters. The normalized spacial score (nSPS) is 11.1. The van der Waals surface area contributed by atoms with Gasteiger partial charge >= 0.3 is 5.69 Å². The average molecular weight is 375 g/mol. The van der Waals surface area contributed by atoms with Crippen LogP contribution in [0.2, 0.25) is 0 Å². The number of benzene rings is 1. The van der Waals surface area contributed by atoms with Crippen molar-refractivity contribution in [1.29, 1.82) is 0 Å². The molecule has 0 amide bonds. The topological polar surface area (TPSA) is 127 Å². The molecule has 3 rings (SSSR count). The van der Waals surface area contributed by atoms with E-state index in [9.17, 15) is 14.0 Å². The van der Waals surface area contributed by atoms with Gasteiger partial charge in [0, 0.05) is 26.7 Å². The molecule has 0 atom stereocenters. The van der Waals surface area contributed by atoms with Crippen molar-refractivity contribution in [3.05, 3.63) is 50.9 Å². The van der Waals surface area contributed by atoms with E-state index >= 15 is 0 Å². The summed E-state index contributed by atoms with van der Waals surface area (Å²) in [5.41, 5.74) is -0.957. The molecular formula is C16H18FN7O3. The number of aromatic nitrogens is 5. The van der Waals surface area contributed by atoms with Gasteiger partial charge in [0.2, 0.25) is 5.95 Å². The maximum atomic E-state index is 13.2. The molecule has 0 radical (unpaired) electrons. The van der Waals surface area contributed by atoms with Crippen LogP contribution in [0.4, 0.5) is 10.3 Å². The first-order chi connectivity index (χ1) is 13.0. The summed E-state index contributed by atoms with van der Waals surface area (Å²) in [5, 5.41) is 22.5. The highest BCUT2D eigenvalue weighted by Crippen LogP contribution is 2.12. The summed E-state index contributed by atoms with van der Waals surface area (Å²) in [5.74, 6) is -0.318. The Kier molecular flexibility index (Phi) is 5.52. The van der Waals surface area contributed by atoms with E-state index in [4.69, 9.17) is 5.11 Å². The van der Waals surface area contributed by atoms with Crippen molar-refractivity contribution in [2.45, 2.75) is 0 Å². The Balaban J connectivity index is 2.03. The minimum Gasteiger partial charge on any atom is -0.395 e. The summed E-state index contributed by atoms with van der Waals surface area (Å²) in [6.07, 6.45) is 0. The van der Waals surface area contributed by atoms with E-state index in [1.54, 1.807) is 0 Å². The van der Waals surface area contributed by atoms with Gasteiger partial charge in [-0.2, -0.15) is 0 Å². The highest BCUT2D eigenvalue weighted by Gasteiger charge is 2.16. The molecule has 3 N–H and O–H groups in total. The molecule has 2 heterocycles. The molecule has 0 fully saturated rings. The number of halogens is 1. The Morgan fingerprint density at radius 2 is 1.85 bits per heavy atom. The second-order valence-corrected chi connectivity index (χ2v) is 5.67. The number of aliphatic hydroxyl groups excluding tert-OH is 1. The predicted octanol–water partition coefficient (Wildman–Crippen LogP) is -0.993. The minimum absolute atomic E-state index is 0.0151. The molecule has 27 heavy (non-hydrogen) atoms. The third-order valence-corrected chi connectivity index (χ3v) is 3.82. The van der Waals surface area contributed by atoms with Crippen LogP contribution in [-0.4, -0.2) is 55.7 Å². The summed E-state index contributed by atoms with van der Waals surface area (Å²) in [6.45, 7) is 1.49. The van der Waals surface area contributed by atoms with Gasteiger partial charge in [-0.15, -0.1) is 10.2 Å². The van der Waals surface area contributed by atoms with Crippen LogP contribution in [0.1, 0.15) is 0 Å². The number of nitrogens with zero attached hydrogens (tertiary/aromatic N) is 5. The van der Waals surface area contributed by atoms with Crippen LogP contribution in [0.25, 0.3) is 16.9 Å². The van der Waals surface area contributed by atoms with Gasteiger partial charge < -0.3 is 15.7 Å². The molecule has 0 aliphatic heterocycles. The van der Waals surface area contributed by atoms with E-state index < -0.39 is 17.1 Å². The molecule has 142 valence electrons. The largest absolute Gasteiger partial charge is 0.395 e. The number of nitrogens with one attached hydrogen (secondary N) is 2. The van der Waals surface area contributed by atoms with Crippen LogP contribution >= 0.6 is 0 Å². The SMILES string of the molecule is Cn1c(=O)c2nc(NCCNCCO)nnc2n(-c2ccc(F)cc2)c1=O. The average Bonchev–Trinajstić information content (AvgIpc) is 2.68. The van der Waals surface area contributed by atoms with Crippen LogP contribution in [0, 0.1) is 5.82 Å². The molecule has 0 bridgehead atoms. The number of hydrogen-bond donors (Lipinski definition) is 3. The van der Waals surface area contributed by atoms with Gasteiger partial charge in [0.25, 0.3) is 5.56 Å². The highest BCUT2D eigenvalue weighted by molar-refractivity contribution is 5.71. The molecule has 3 aromatic rings. The Hall–Kier alpha value is -3.18. The van der Waals surface area contributed by atoms with Crippen molar-refractivity contribution in [2.24, 2.45) is 7.05 Å². The lowest BCUT2D eigenvalue weighted by atomic mass is 10.3. The fraction of sp³-hybridized carbons (Fsp3) is 0.312. The third kappa shape index (κ3) is 3.83. The van der Waals surface area contributed by atoms with E-state index in [2.05, 4.69) is 25.8 Å². The Morgan fingerprint density at radius 1 is 1.11 bits per heavy atom. The van der Waals surface area contributed by atoms with Crippen LogP contribution in [0.5, 0.6) is 0 Å². The molecule has 0 aliphatic rings. The summed E-state index contributed by atoms with van der Waals surface area (Å²) in [4.78, 5) is 29.2. The Bertz CT molecular complexity index is 1060. The summed E-state index contributed by atoms with van der Waals surface area (Å²) < 4.78 is 15.3. The van der Waals surface area contributed by atoms with Crippen molar-refractivity contribution in [1.82, 2.24) is 29.6 Å². The van der Waals surface area contributed by atoms with Gasteiger partial charge in [-0.25, -0.2) is 18.7 Å². The Labute approximate surface area is 152 Å². The molecule has 10 nitrogen and oxygen atoms in total. The van der Waals surface area contributed by atoms with Gasteiger partial charge in [-0.1, -0.05) is 0 Å². The number of anilines is 1. The molecule has 0 spiro atoms. The molecule has 0 aliphatic carbocycles. The zero-order valence-corrected chi connectivity index (χ0v) is 14.5. The number of fused-ring (bicyclic) bond motifs is 1. The molecule has 1 aromatic carbocycles. The van der Waals surface area contributed by atoms with Crippen molar-refractivity contribution >= 4 is 17.1 Å². The Morgan fingerprint density at radius 3 is 2.56 bits per heavy atom. The highest BCUT2D eigenvalue weighted by atomic mass is 19.1. The second-order valence-electron chi connectivity index (χ2n) is 5.67. The molecular weight excluding hydrogens is 357 g/mol. The van der Waals surface area contributed by atoms with Gasteiger partial charge in [0.15, 0.2) is 11.2 Å². The summed E-state index contributed by atoms with van der Waals surface area (Å²) in [6, 6.07) is 5.21. The fourth-order valence-electron chi connectivity index (χ4n) is 2.47. The quantitative estimate of drug-likeness (QED) is 0.449. The minimum atomic E-state index is -0.635. The maximum absolute atomic E-state index is 13.2. The van der Waals surface area contributed by atoms with E-state index in [1.165, 1.54) is 31.3 Å². The van der Waals surface area contributed by atoms with Crippen LogP contribution in [0.3, 0.4) is 0 Å². The summed E-state index contributed by atoms with van der Waals surface area (Å²) >= 11 is 0. The zero-order valence-electron chi connectivity index (χ0n) is 14.5. The number of aliphatic hydroxyl groups is 1. The van der Waals surface area contributed by atoms with Gasteiger partial charge in [0.05, 0.1) is 12.3 Å². The molecule has 0 saturated heterocycles. The molecule has 0 saturated carbocycles. The standard InChI is InChI=1S/C16H18FN7O3/c1-23-14(26)12-13(21-22-15(20-12)19-7-6-18-8-9-25)24(16(23)27)11-4-2-10(17)3-5-11/h2-5,18,25H,6-9H2,1H3,(H,19,20,22). The van der Waals surface area contributed by atoms with Gasteiger partial charge in [-0.05, 0) is 24.3 Å². The first kappa shape index (κ1) is 18.6. The zero-order chi connectivity index (χ0) is 19.4. The third-order valence-electron chi connectivity index (χ3n) is 3.82. The van der Waals surface area contributed by atoms with Crippen molar-refractivity contribution in [3.8, 4) is 5.69 Å². The lowest BCUT2D eigenvalue weighted by Crippen LogP contribution is -2.38. The van der Waals surface area contributed by atoms with E-state index in [0.717, 1.165) is 9.13 Å². The maximum Gasteiger partial charge on any atom is 0.337 e. The van der Waals surface area contributed by atoms with E-state index in [-0.39, 0.29) is 23.7 Å². The van der Waals surface area contributed by atoms with Crippen molar-refractivity contribution in [3.63, 3.8) is 0 Å². The first-order valence-corrected chi connectivity index (χ1v) is 8.21. The number of hydrogen-bond acceptors (Lipinski definition) is 8. The monoisotopic (exact) mass is 375 g/mol. The van der Waals surface area contributed by atoms with Crippen LogP contribution in [-0.2, 0) is 7.05 Å². The van der Waals surface area contributed by atoms with E-state index in [0.29, 0.717) is 25.3 Å². The van der Waals surface area contributed by atoms with Crippen molar-refractivity contribution in [2.75, 3.05) is 31.6 Å². The first-order valence-electron chi connectivity index (χ1n) is 8.21. The molecule has 2 aromatic heterocycles.